The van der Waals surface area contributed by atoms with Crippen LogP contribution in [-0.2, 0) is 9.59 Å². The zero-order chi connectivity index (χ0) is 16.0. The first-order valence-electron chi connectivity index (χ1n) is 5.75. The molecule has 1 aromatic rings. The quantitative estimate of drug-likeness (QED) is 0.599. The fourth-order valence-corrected chi connectivity index (χ4v) is 1.79. The monoisotopic (exact) mass is 359 g/mol. The lowest BCUT2D eigenvalue weighted by Crippen LogP contribution is -2.45. The number of hydrogen-bond donors (Lipinski definition) is 4. The summed E-state index contributed by atoms with van der Waals surface area (Å²) in [5.41, 5.74) is 5.31. The van der Waals surface area contributed by atoms with Gasteiger partial charge < -0.3 is 26.2 Å². The second-order valence-corrected chi connectivity index (χ2v) is 4.86. The number of primary amides is 1. The highest BCUT2D eigenvalue weighted by atomic mass is 79.9. The van der Waals surface area contributed by atoms with Crippen LogP contribution in [-0.4, -0.2) is 36.2 Å². The minimum Gasteiger partial charge on any atom is -0.497 e. The van der Waals surface area contributed by atoms with Crippen LogP contribution in [0.3, 0.4) is 0 Å². The summed E-state index contributed by atoms with van der Waals surface area (Å²) < 4.78 is 5.60. The molecule has 0 aliphatic carbocycles. The normalized spacial score (nSPS) is 11.3. The van der Waals surface area contributed by atoms with Gasteiger partial charge in [-0.1, -0.05) is 0 Å². The third kappa shape index (κ3) is 5.30. The van der Waals surface area contributed by atoms with Crippen molar-refractivity contribution in [2.24, 2.45) is 5.73 Å². The molecular weight excluding hydrogens is 346 g/mol. The third-order valence-electron chi connectivity index (χ3n) is 2.43. The molecule has 1 rings (SSSR count). The first-order valence-corrected chi connectivity index (χ1v) is 6.55. The topological polar surface area (TPSA) is 131 Å². The number of halogens is 1. The van der Waals surface area contributed by atoms with Crippen LogP contribution in [0.4, 0.5) is 10.5 Å². The van der Waals surface area contributed by atoms with E-state index in [4.69, 9.17) is 15.6 Å². The minimum absolute atomic E-state index is 0.384. The Hall–Kier alpha value is -2.29. The van der Waals surface area contributed by atoms with Crippen molar-refractivity contribution in [2.45, 2.75) is 12.5 Å². The van der Waals surface area contributed by atoms with E-state index in [0.29, 0.717) is 15.9 Å². The molecule has 1 aromatic carbocycles. The summed E-state index contributed by atoms with van der Waals surface area (Å²) >= 11 is 3.24. The number of carbonyl (C=O) groups is 3. The molecule has 0 saturated carbocycles. The van der Waals surface area contributed by atoms with E-state index in [2.05, 4.69) is 26.6 Å². The summed E-state index contributed by atoms with van der Waals surface area (Å²) in [5, 5.41) is 13.5. The van der Waals surface area contributed by atoms with E-state index >= 15 is 0 Å². The van der Waals surface area contributed by atoms with E-state index in [9.17, 15) is 14.4 Å². The van der Waals surface area contributed by atoms with Crippen LogP contribution in [0.2, 0.25) is 0 Å². The lowest BCUT2D eigenvalue weighted by atomic mass is 10.2. The molecule has 5 N–H and O–H groups in total. The predicted molar refractivity (Wildman–Crippen MR) is 78.1 cm³/mol. The average molecular weight is 360 g/mol. The molecule has 0 spiro atoms. The van der Waals surface area contributed by atoms with E-state index in [1.54, 1.807) is 18.2 Å². The van der Waals surface area contributed by atoms with E-state index < -0.39 is 30.4 Å². The number of nitrogens with one attached hydrogen (secondary N) is 2. The lowest BCUT2D eigenvalue weighted by Gasteiger charge is -2.14. The molecule has 0 unspecified atom stereocenters. The Morgan fingerprint density at radius 2 is 2.10 bits per heavy atom. The summed E-state index contributed by atoms with van der Waals surface area (Å²) in [6.07, 6.45) is -0.498. The van der Waals surface area contributed by atoms with Crippen LogP contribution in [0, 0.1) is 0 Å². The van der Waals surface area contributed by atoms with Crippen molar-refractivity contribution in [1.29, 1.82) is 0 Å². The van der Waals surface area contributed by atoms with Crippen molar-refractivity contribution in [3.63, 3.8) is 0 Å². The molecule has 3 amide bonds. The minimum atomic E-state index is -1.40. The number of benzene rings is 1. The van der Waals surface area contributed by atoms with Crippen LogP contribution in [0.5, 0.6) is 5.75 Å². The molecule has 0 aromatic heterocycles. The number of amides is 3. The summed E-state index contributed by atoms with van der Waals surface area (Å²) in [7, 11) is 1.47. The number of ether oxygens (including phenoxy) is 1. The van der Waals surface area contributed by atoms with Crippen LogP contribution in [0.25, 0.3) is 0 Å². The molecule has 0 heterocycles. The predicted octanol–water partition coefficient (Wildman–Crippen LogP) is 0.908. The molecule has 8 nitrogen and oxygen atoms in total. The molecule has 114 valence electrons. The number of nitrogens with two attached hydrogens (primary N) is 1. The highest BCUT2D eigenvalue weighted by molar-refractivity contribution is 9.10. The molecule has 0 bridgehead atoms. The maximum Gasteiger partial charge on any atom is 0.326 e. The number of carboxylic acid groups (broad SMARTS) is 1. The molecule has 0 aliphatic heterocycles. The van der Waals surface area contributed by atoms with Gasteiger partial charge in [-0.15, -0.1) is 0 Å². The average Bonchev–Trinajstić information content (AvgIpc) is 2.39. The van der Waals surface area contributed by atoms with Crippen molar-refractivity contribution in [2.75, 3.05) is 12.4 Å². The number of carboxylic acids is 1. The number of aliphatic carboxylic acids is 1. The van der Waals surface area contributed by atoms with Gasteiger partial charge in [-0.3, -0.25) is 4.79 Å². The molecule has 0 radical (unpaired) electrons. The molecule has 0 saturated heterocycles. The van der Waals surface area contributed by atoms with Gasteiger partial charge in [0.05, 0.1) is 19.2 Å². The number of methoxy groups -OCH3 is 1. The maximum absolute atomic E-state index is 11.8. The summed E-state index contributed by atoms with van der Waals surface area (Å²) in [4.78, 5) is 33.4. The summed E-state index contributed by atoms with van der Waals surface area (Å²) in [6.45, 7) is 0. The van der Waals surface area contributed by atoms with Gasteiger partial charge in [0.1, 0.15) is 11.8 Å². The van der Waals surface area contributed by atoms with Crippen molar-refractivity contribution in [3.8, 4) is 5.75 Å². The Morgan fingerprint density at radius 1 is 1.43 bits per heavy atom. The summed E-state index contributed by atoms with van der Waals surface area (Å²) in [5.74, 6) is -1.67. The van der Waals surface area contributed by atoms with Gasteiger partial charge in [-0.2, -0.15) is 0 Å². The molecule has 0 aliphatic rings. The van der Waals surface area contributed by atoms with Gasteiger partial charge in [0.25, 0.3) is 0 Å². The third-order valence-corrected chi connectivity index (χ3v) is 3.12. The highest BCUT2D eigenvalue weighted by Crippen LogP contribution is 2.26. The number of carbonyl (C=O) groups excluding carboxylic acids is 2. The van der Waals surface area contributed by atoms with Crippen molar-refractivity contribution < 1.29 is 24.2 Å². The fourth-order valence-electron chi connectivity index (χ4n) is 1.45. The highest BCUT2D eigenvalue weighted by Gasteiger charge is 2.22. The molecule has 21 heavy (non-hydrogen) atoms. The van der Waals surface area contributed by atoms with E-state index in [1.807, 2.05) is 0 Å². The molecule has 9 heteroatoms. The Kier molecular flexibility index (Phi) is 5.97. The Morgan fingerprint density at radius 3 is 2.62 bits per heavy atom. The Labute approximate surface area is 128 Å². The summed E-state index contributed by atoms with van der Waals surface area (Å²) in [6, 6.07) is 2.71. The van der Waals surface area contributed by atoms with Gasteiger partial charge in [0.15, 0.2) is 0 Å². The van der Waals surface area contributed by atoms with Gasteiger partial charge in [-0.05, 0) is 28.1 Å². The van der Waals surface area contributed by atoms with Crippen molar-refractivity contribution in [3.05, 3.63) is 22.7 Å². The standard InChI is InChI=1S/C12H14BrN3O5/c1-21-6-2-3-7(13)8(4-6)15-12(20)16-9(11(18)19)5-10(14)17/h2-4,9H,5H2,1H3,(H2,14,17)(H,18,19)(H2,15,16,20)/t9-/m0/s1. The van der Waals surface area contributed by atoms with Gasteiger partial charge in [-0.25, -0.2) is 9.59 Å². The van der Waals surface area contributed by atoms with Crippen LogP contribution in [0.15, 0.2) is 22.7 Å². The van der Waals surface area contributed by atoms with Gasteiger partial charge in [0.2, 0.25) is 5.91 Å². The van der Waals surface area contributed by atoms with Gasteiger partial charge >= 0.3 is 12.0 Å². The lowest BCUT2D eigenvalue weighted by molar-refractivity contribution is -0.140. The Bertz CT molecular complexity index is 564. The van der Waals surface area contributed by atoms with Crippen molar-refractivity contribution in [1.82, 2.24) is 5.32 Å². The van der Waals surface area contributed by atoms with E-state index in [1.165, 1.54) is 7.11 Å². The van der Waals surface area contributed by atoms with E-state index in [0.717, 1.165) is 0 Å². The molecule has 1 atom stereocenters. The van der Waals surface area contributed by atoms with E-state index in [-0.39, 0.29) is 0 Å². The van der Waals surface area contributed by atoms with Gasteiger partial charge in [0, 0.05) is 10.5 Å². The SMILES string of the molecule is COc1ccc(Br)c(NC(=O)N[C@@H](CC(N)=O)C(=O)O)c1. The zero-order valence-electron chi connectivity index (χ0n) is 11.1. The maximum atomic E-state index is 11.8. The largest absolute Gasteiger partial charge is 0.497 e. The fraction of sp³-hybridized carbons (Fsp3) is 0.250. The zero-order valence-corrected chi connectivity index (χ0v) is 12.6. The first-order chi connectivity index (χ1) is 9.83. The number of hydrogen-bond acceptors (Lipinski definition) is 4. The first kappa shape index (κ1) is 16.8. The molecular formula is C12H14BrN3O5. The second-order valence-electron chi connectivity index (χ2n) is 4.01. The van der Waals surface area contributed by atoms with Crippen LogP contribution >= 0.6 is 15.9 Å². The number of rotatable bonds is 6. The van der Waals surface area contributed by atoms with Crippen molar-refractivity contribution >= 4 is 39.5 Å². The van der Waals surface area contributed by atoms with Crippen LogP contribution < -0.4 is 21.1 Å². The molecule has 0 fully saturated rings. The Balaban J connectivity index is 2.76. The second kappa shape index (κ2) is 7.48. The smallest absolute Gasteiger partial charge is 0.326 e. The van der Waals surface area contributed by atoms with Crippen LogP contribution in [0.1, 0.15) is 6.42 Å². The number of anilines is 1. The number of urea groups is 1.